The molecule has 0 aliphatic carbocycles. The second-order valence-electron chi connectivity index (χ2n) is 6.10. The molecule has 0 unspecified atom stereocenters. The van der Waals surface area contributed by atoms with Gasteiger partial charge in [-0.15, -0.1) is 0 Å². The molecule has 0 saturated heterocycles. The second kappa shape index (κ2) is 6.87. The summed E-state index contributed by atoms with van der Waals surface area (Å²) in [6.45, 7) is 12.2. The lowest BCUT2D eigenvalue weighted by atomic mass is 10.1. The summed E-state index contributed by atoms with van der Waals surface area (Å²) in [6.07, 6.45) is 3.89. The zero-order valence-electron chi connectivity index (χ0n) is 15.0. The topological polar surface area (TPSA) is 77.2 Å². The van der Waals surface area contributed by atoms with Gasteiger partial charge in [0.25, 0.3) is 0 Å². The maximum absolute atomic E-state index is 9.95. The van der Waals surface area contributed by atoms with Gasteiger partial charge < -0.3 is 16.6 Å². The van der Waals surface area contributed by atoms with Crippen LogP contribution >= 0.6 is 0 Å². The molecule has 5 N–H and O–H groups in total. The van der Waals surface area contributed by atoms with Crippen molar-refractivity contribution in [3.63, 3.8) is 0 Å². The van der Waals surface area contributed by atoms with E-state index in [0.29, 0.717) is 11.5 Å². The lowest BCUT2D eigenvalue weighted by Gasteiger charge is -2.13. The van der Waals surface area contributed by atoms with Gasteiger partial charge in [-0.1, -0.05) is 32.6 Å². The van der Waals surface area contributed by atoms with Crippen LogP contribution in [-0.2, 0) is 0 Å². The quantitative estimate of drug-likeness (QED) is 0.809. The third-order valence-corrected chi connectivity index (χ3v) is 4.34. The summed E-state index contributed by atoms with van der Waals surface area (Å²) < 4.78 is 1.99. The van der Waals surface area contributed by atoms with Crippen LogP contribution in [0.1, 0.15) is 44.7 Å². The third-order valence-electron chi connectivity index (χ3n) is 4.34. The van der Waals surface area contributed by atoms with Crippen LogP contribution in [0.4, 0.5) is 5.82 Å². The Labute approximate surface area is 143 Å². The molecule has 1 aromatic heterocycles. The molecule has 4 heteroatoms. The molecule has 128 valence electrons. The van der Waals surface area contributed by atoms with E-state index >= 15 is 0 Å². The van der Waals surface area contributed by atoms with Crippen molar-refractivity contribution in [2.75, 3.05) is 5.73 Å². The number of hydrogen-bond acceptors (Lipinski definition) is 3. The van der Waals surface area contributed by atoms with Gasteiger partial charge in [0.15, 0.2) is 0 Å². The highest BCUT2D eigenvalue weighted by atomic mass is 16.3. The van der Waals surface area contributed by atoms with Crippen molar-refractivity contribution >= 4 is 23.2 Å². The number of aryl methyl sites for hydroxylation is 1. The van der Waals surface area contributed by atoms with Crippen LogP contribution in [0.3, 0.4) is 0 Å². The maximum atomic E-state index is 9.95. The van der Waals surface area contributed by atoms with Gasteiger partial charge >= 0.3 is 0 Å². The largest absolute Gasteiger partial charge is 0.508 e. The normalized spacial score (nSPS) is 13.2. The average molecular weight is 325 g/mol. The van der Waals surface area contributed by atoms with Gasteiger partial charge in [-0.2, -0.15) is 0 Å². The minimum absolute atomic E-state index is 0.206. The van der Waals surface area contributed by atoms with E-state index in [1.807, 2.05) is 17.6 Å². The highest BCUT2D eigenvalue weighted by molar-refractivity contribution is 5.74. The SMILES string of the molecule is C=C(N)c1c(N)n(-c2cc(O)ccc2C)c(=C(C)CC)/c1=C/CC. The highest BCUT2D eigenvalue weighted by Gasteiger charge is 2.17. The van der Waals surface area contributed by atoms with Crippen LogP contribution in [-0.4, -0.2) is 9.67 Å². The molecule has 0 atom stereocenters. The monoisotopic (exact) mass is 325 g/mol. The minimum Gasteiger partial charge on any atom is -0.508 e. The molecular weight excluding hydrogens is 298 g/mol. The van der Waals surface area contributed by atoms with Gasteiger partial charge in [0.1, 0.15) is 11.6 Å². The average Bonchev–Trinajstić information content (AvgIpc) is 2.81. The maximum Gasteiger partial charge on any atom is 0.118 e. The molecule has 0 aliphatic rings. The number of rotatable bonds is 4. The van der Waals surface area contributed by atoms with Crippen molar-refractivity contribution in [3.05, 3.63) is 46.5 Å². The van der Waals surface area contributed by atoms with Crippen LogP contribution in [0, 0.1) is 6.92 Å². The molecule has 0 spiro atoms. The van der Waals surface area contributed by atoms with Gasteiger partial charge in [-0.3, -0.25) is 4.57 Å². The third kappa shape index (κ3) is 2.92. The van der Waals surface area contributed by atoms with E-state index in [-0.39, 0.29) is 5.75 Å². The zero-order chi connectivity index (χ0) is 18.0. The van der Waals surface area contributed by atoms with Crippen molar-refractivity contribution < 1.29 is 5.11 Å². The first kappa shape index (κ1) is 17.7. The number of nitrogens with zero attached hydrogens (tertiary/aromatic N) is 1. The molecule has 1 aromatic carbocycles. The molecule has 0 radical (unpaired) electrons. The van der Waals surface area contributed by atoms with Gasteiger partial charge in [-0.05, 0) is 43.9 Å². The van der Waals surface area contributed by atoms with Crippen LogP contribution in [0.25, 0.3) is 23.0 Å². The fourth-order valence-electron chi connectivity index (χ4n) is 3.03. The van der Waals surface area contributed by atoms with Gasteiger partial charge in [0, 0.05) is 22.5 Å². The fourth-order valence-corrected chi connectivity index (χ4v) is 3.03. The van der Waals surface area contributed by atoms with Crippen molar-refractivity contribution in [1.82, 2.24) is 4.57 Å². The van der Waals surface area contributed by atoms with E-state index < -0.39 is 0 Å². The first-order valence-electron chi connectivity index (χ1n) is 8.28. The highest BCUT2D eigenvalue weighted by Crippen LogP contribution is 2.24. The van der Waals surface area contributed by atoms with E-state index in [2.05, 4.69) is 33.4 Å². The predicted octanol–water partition coefficient (Wildman–Crippen LogP) is 2.77. The van der Waals surface area contributed by atoms with Gasteiger partial charge in [0.05, 0.1) is 11.0 Å². The summed E-state index contributed by atoms with van der Waals surface area (Å²) in [5.41, 5.74) is 16.9. The number of aromatic nitrogens is 1. The van der Waals surface area contributed by atoms with E-state index in [0.717, 1.165) is 40.2 Å². The Balaban J connectivity index is 3.13. The Morgan fingerprint density at radius 2 is 2.00 bits per heavy atom. The molecule has 0 bridgehead atoms. The van der Waals surface area contributed by atoms with Gasteiger partial charge in [0.2, 0.25) is 0 Å². The lowest BCUT2D eigenvalue weighted by Crippen LogP contribution is -2.32. The van der Waals surface area contributed by atoms with Crippen molar-refractivity contribution in [2.24, 2.45) is 5.73 Å². The molecule has 0 amide bonds. The summed E-state index contributed by atoms with van der Waals surface area (Å²) in [5.74, 6) is 0.761. The van der Waals surface area contributed by atoms with Crippen molar-refractivity contribution in [2.45, 2.75) is 40.5 Å². The molecule has 4 nitrogen and oxygen atoms in total. The number of nitrogen functional groups attached to an aromatic ring is 1. The molecule has 24 heavy (non-hydrogen) atoms. The number of anilines is 1. The lowest BCUT2D eigenvalue weighted by molar-refractivity contribution is 0.475. The minimum atomic E-state index is 0.206. The summed E-state index contributed by atoms with van der Waals surface area (Å²) in [5, 5.41) is 12.0. The second-order valence-corrected chi connectivity index (χ2v) is 6.10. The molecule has 0 saturated carbocycles. The first-order chi connectivity index (χ1) is 11.3. The molecule has 0 fully saturated rings. The Hall–Kier alpha value is -2.62. The van der Waals surface area contributed by atoms with Crippen molar-refractivity contribution in [1.29, 1.82) is 0 Å². The van der Waals surface area contributed by atoms with Crippen LogP contribution in [0.5, 0.6) is 5.75 Å². The number of phenolic OH excluding ortho intramolecular Hbond substituents is 1. The summed E-state index contributed by atoms with van der Waals surface area (Å²) >= 11 is 0. The number of aromatic hydroxyl groups is 1. The van der Waals surface area contributed by atoms with Crippen LogP contribution in [0.15, 0.2) is 24.8 Å². The van der Waals surface area contributed by atoms with E-state index in [1.165, 1.54) is 5.57 Å². The van der Waals surface area contributed by atoms with Crippen LogP contribution in [0.2, 0.25) is 0 Å². The van der Waals surface area contributed by atoms with Crippen molar-refractivity contribution in [3.8, 4) is 11.4 Å². The van der Waals surface area contributed by atoms with E-state index in [4.69, 9.17) is 11.5 Å². The molecule has 2 aromatic rings. The standard InChI is InChI=1S/C20H27N3O/c1-6-8-16-18(14(5)21)20(22)23(19(16)12(3)7-2)17-11-15(24)10-9-13(17)4/h8-11,24H,5-7,21-22H2,1-4H3/b16-8+,19-12?. The Bertz CT molecular complexity index is 904. The van der Waals surface area contributed by atoms with E-state index in [9.17, 15) is 5.11 Å². The Morgan fingerprint density at radius 1 is 1.33 bits per heavy atom. The number of nitrogens with two attached hydrogens (primary N) is 2. The van der Waals surface area contributed by atoms with E-state index in [1.54, 1.807) is 12.1 Å². The fraction of sp³-hybridized carbons (Fsp3) is 0.300. The first-order valence-corrected chi connectivity index (χ1v) is 8.28. The zero-order valence-corrected chi connectivity index (χ0v) is 15.0. The predicted molar refractivity (Wildman–Crippen MR) is 103 cm³/mol. The molecule has 2 rings (SSSR count). The molecular formula is C20H27N3O. The number of hydrogen-bond donors (Lipinski definition) is 3. The summed E-state index contributed by atoms with van der Waals surface area (Å²) in [4.78, 5) is 0. The van der Waals surface area contributed by atoms with Crippen LogP contribution < -0.4 is 22.0 Å². The molecule has 1 heterocycles. The summed E-state index contributed by atoms with van der Waals surface area (Å²) in [6, 6.07) is 5.29. The molecule has 0 aliphatic heterocycles. The Kier molecular flexibility index (Phi) is 5.07. The number of phenols is 1. The summed E-state index contributed by atoms with van der Waals surface area (Å²) in [7, 11) is 0. The van der Waals surface area contributed by atoms with Gasteiger partial charge in [-0.25, -0.2) is 0 Å². The Morgan fingerprint density at radius 3 is 2.54 bits per heavy atom. The number of benzene rings is 1. The smallest absolute Gasteiger partial charge is 0.118 e.